The third kappa shape index (κ3) is 1.58. The van der Waals surface area contributed by atoms with Gasteiger partial charge in [-0.25, -0.2) is 0 Å². The zero-order valence-corrected chi connectivity index (χ0v) is 8.05. The minimum Gasteiger partial charge on any atom is -0.392 e. The monoisotopic (exact) mass is 200 g/mol. The molecule has 0 bridgehead atoms. The van der Waals surface area contributed by atoms with E-state index < -0.39 is 4.92 Å². The normalized spacial score (nSPS) is 10.1. The fourth-order valence-corrected chi connectivity index (χ4v) is 1.28. The second-order valence-corrected chi connectivity index (χ2v) is 3.20. The van der Waals surface area contributed by atoms with Crippen LogP contribution in [0.1, 0.15) is 11.1 Å². The summed E-state index contributed by atoms with van der Waals surface area (Å²) in [5, 5.41) is 10.8. The highest BCUT2D eigenvalue weighted by atomic mass is 35.5. The summed E-state index contributed by atoms with van der Waals surface area (Å²) in [4.78, 5) is 9.97. The van der Waals surface area contributed by atoms with Crippen molar-refractivity contribution in [3.05, 3.63) is 32.3 Å². The van der Waals surface area contributed by atoms with Crippen molar-refractivity contribution >= 4 is 23.0 Å². The maximum atomic E-state index is 10.5. The molecular formula is C8H9ClN2O2. The van der Waals surface area contributed by atoms with E-state index in [1.54, 1.807) is 13.8 Å². The number of hydrogen-bond donors (Lipinski definition) is 1. The molecule has 0 saturated heterocycles. The molecule has 0 spiro atoms. The number of nitrogens with zero attached hydrogens (tertiary/aromatic N) is 1. The van der Waals surface area contributed by atoms with Crippen molar-refractivity contribution in [1.82, 2.24) is 0 Å². The second kappa shape index (κ2) is 3.22. The van der Waals surface area contributed by atoms with Gasteiger partial charge in [0.1, 0.15) is 5.69 Å². The van der Waals surface area contributed by atoms with Gasteiger partial charge in [-0.15, -0.1) is 0 Å². The molecular weight excluding hydrogens is 192 g/mol. The first-order chi connectivity index (χ1) is 5.95. The Morgan fingerprint density at radius 3 is 2.54 bits per heavy atom. The summed E-state index contributed by atoms with van der Waals surface area (Å²) in [6.45, 7) is 3.53. The number of nitrogen functional groups attached to an aromatic ring is 1. The number of nitrogens with two attached hydrogens (primary N) is 1. The van der Waals surface area contributed by atoms with E-state index in [1.807, 2.05) is 0 Å². The molecule has 1 rings (SSSR count). The molecule has 0 radical (unpaired) electrons. The molecule has 5 heteroatoms. The van der Waals surface area contributed by atoms with Crippen molar-refractivity contribution in [2.45, 2.75) is 13.8 Å². The summed E-state index contributed by atoms with van der Waals surface area (Å²) in [5.41, 5.74) is 6.94. The summed E-state index contributed by atoms with van der Waals surface area (Å²) in [6, 6.07) is 1.43. The molecule has 0 unspecified atom stereocenters. The molecule has 2 N–H and O–H groups in total. The Kier molecular flexibility index (Phi) is 2.43. The number of benzene rings is 1. The van der Waals surface area contributed by atoms with E-state index in [2.05, 4.69) is 0 Å². The van der Waals surface area contributed by atoms with Gasteiger partial charge in [0.2, 0.25) is 0 Å². The van der Waals surface area contributed by atoms with E-state index in [1.165, 1.54) is 6.07 Å². The number of aryl methyl sites for hydroxylation is 1. The van der Waals surface area contributed by atoms with Gasteiger partial charge in [0.15, 0.2) is 0 Å². The molecule has 70 valence electrons. The predicted octanol–water partition coefficient (Wildman–Crippen LogP) is 2.45. The first-order valence-electron chi connectivity index (χ1n) is 3.64. The van der Waals surface area contributed by atoms with Crippen LogP contribution in [0.3, 0.4) is 0 Å². The number of halogens is 1. The van der Waals surface area contributed by atoms with Crippen LogP contribution in [-0.4, -0.2) is 4.92 Å². The molecule has 0 heterocycles. The molecule has 0 aliphatic carbocycles. The van der Waals surface area contributed by atoms with Gasteiger partial charge in [0.25, 0.3) is 5.69 Å². The molecule has 0 atom stereocenters. The Bertz CT molecular complexity index is 377. The fourth-order valence-electron chi connectivity index (χ4n) is 1.03. The minimum absolute atomic E-state index is 0.0368. The summed E-state index contributed by atoms with van der Waals surface area (Å²) < 4.78 is 0. The zero-order valence-electron chi connectivity index (χ0n) is 7.30. The van der Waals surface area contributed by atoms with Gasteiger partial charge in [-0.2, -0.15) is 0 Å². The Balaban J connectivity index is 3.50. The van der Waals surface area contributed by atoms with E-state index >= 15 is 0 Å². The van der Waals surface area contributed by atoms with Crippen molar-refractivity contribution < 1.29 is 4.92 Å². The highest BCUT2D eigenvalue weighted by molar-refractivity contribution is 6.34. The molecule has 0 fully saturated rings. The maximum absolute atomic E-state index is 10.5. The number of nitro benzene ring substituents is 1. The first-order valence-corrected chi connectivity index (χ1v) is 4.02. The van der Waals surface area contributed by atoms with E-state index in [0.29, 0.717) is 0 Å². The molecule has 1 aromatic rings. The Morgan fingerprint density at radius 1 is 1.54 bits per heavy atom. The van der Waals surface area contributed by atoms with Crippen LogP contribution in [0.5, 0.6) is 0 Å². The molecule has 13 heavy (non-hydrogen) atoms. The molecule has 4 nitrogen and oxygen atoms in total. The Morgan fingerprint density at radius 2 is 2.08 bits per heavy atom. The van der Waals surface area contributed by atoms with Gasteiger partial charge in [-0.3, -0.25) is 10.1 Å². The Hall–Kier alpha value is -1.29. The molecule has 0 aliphatic heterocycles. The molecule has 0 amide bonds. The quantitative estimate of drug-likeness (QED) is 0.430. The van der Waals surface area contributed by atoms with Crippen molar-refractivity contribution in [2.75, 3.05) is 5.73 Å². The maximum Gasteiger partial charge on any atom is 0.293 e. The van der Waals surface area contributed by atoms with Crippen LogP contribution in [0, 0.1) is 24.0 Å². The smallest absolute Gasteiger partial charge is 0.293 e. The average molecular weight is 201 g/mol. The lowest BCUT2D eigenvalue weighted by Gasteiger charge is -2.05. The number of rotatable bonds is 1. The lowest BCUT2D eigenvalue weighted by molar-refractivity contribution is -0.383. The van der Waals surface area contributed by atoms with Gasteiger partial charge in [0, 0.05) is 6.07 Å². The van der Waals surface area contributed by atoms with E-state index in [0.717, 1.165) is 11.1 Å². The number of nitro groups is 1. The molecule has 1 aromatic carbocycles. The average Bonchev–Trinajstić information content (AvgIpc) is 2.07. The van der Waals surface area contributed by atoms with Crippen molar-refractivity contribution in [3.8, 4) is 0 Å². The number of anilines is 1. The van der Waals surface area contributed by atoms with Crippen LogP contribution in [0.2, 0.25) is 5.02 Å². The van der Waals surface area contributed by atoms with Crippen LogP contribution in [0.25, 0.3) is 0 Å². The lowest BCUT2D eigenvalue weighted by atomic mass is 10.1. The molecule has 0 aromatic heterocycles. The third-order valence-electron chi connectivity index (χ3n) is 1.98. The SMILES string of the molecule is Cc1cc([N+](=O)[O-])c(N)c(Cl)c1C. The molecule has 0 aliphatic rings. The van der Waals surface area contributed by atoms with Crippen LogP contribution in [-0.2, 0) is 0 Å². The second-order valence-electron chi connectivity index (χ2n) is 2.82. The van der Waals surface area contributed by atoms with Crippen LogP contribution < -0.4 is 5.73 Å². The summed E-state index contributed by atoms with van der Waals surface area (Å²) >= 11 is 5.80. The topological polar surface area (TPSA) is 69.2 Å². The van der Waals surface area contributed by atoms with Crippen LogP contribution in [0.4, 0.5) is 11.4 Å². The van der Waals surface area contributed by atoms with Gasteiger partial charge >= 0.3 is 0 Å². The van der Waals surface area contributed by atoms with Gasteiger partial charge in [-0.1, -0.05) is 11.6 Å². The molecule has 0 saturated carbocycles. The highest BCUT2D eigenvalue weighted by Gasteiger charge is 2.17. The van der Waals surface area contributed by atoms with Crippen LogP contribution in [0.15, 0.2) is 6.07 Å². The summed E-state index contributed by atoms with van der Waals surface area (Å²) in [7, 11) is 0. The third-order valence-corrected chi connectivity index (χ3v) is 2.47. The fraction of sp³-hybridized carbons (Fsp3) is 0.250. The summed E-state index contributed by atoms with van der Waals surface area (Å²) in [5.74, 6) is 0. The standard InChI is InChI=1S/C8H9ClN2O2/c1-4-3-6(11(12)13)8(10)7(9)5(4)2/h3H,10H2,1-2H3. The minimum atomic E-state index is -0.534. The zero-order chi connectivity index (χ0) is 10.2. The number of hydrogen-bond acceptors (Lipinski definition) is 3. The highest BCUT2D eigenvalue weighted by Crippen LogP contribution is 2.33. The van der Waals surface area contributed by atoms with Gasteiger partial charge in [-0.05, 0) is 25.0 Å². The van der Waals surface area contributed by atoms with Crippen LogP contribution >= 0.6 is 11.6 Å². The summed E-state index contributed by atoms with van der Waals surface area (Å²) in [6.07, 6.45) is 0. The van der Waals surface area contributed by atoms with Crippen molar-refractivity contribution in [2.24, 2.45) is 0 Å². The Labute approximate surface area is 80.5 Å². The van der Waals surface area contributed by atoms with E-state index in [-0.39, 0.29) is 16.4 Å². The van der Waals surface area contributed by atoms with Gasteiger partial charge < -0.3 is 5.73 Å². The van der Waals surface area contributed by atoms with E-state index in [9.17, 15) is 10.1 Å². The predicted molar refractivity (Wildman–Crippen MR) is 52.0 cm³/mol. The van der Waals surface area contributed by atoms with Gasteiger partial charge in [0.05, 0.1) is 9.95 Å². The van der Waals surface area contributed by atoms with Crippen molar-refractivity contribution in [3.63, 3.8) is 0 Å². The van der Waals surface area contributed by atoms with E-state index in [4.69, 9.17) is 17.3 Å². The van der Waals surface area contributed by atoms with Crippen molar-refractivity contribution in [1.29, 1.82) is 0 Å². The largest absolute Gasteiger partial charge is 0.392 e. The lowest BCUT2D eigenvalue weighted by Crippen LogP contribution is -1.99. The first kappa shape index (κ1) is 9.80.